The lowest BCUT2D eigenvalue weighted by atomic mass is 10.1. The van der Waals surface area contributed by atoms with Crippen molar-refractivity contribution in [1.82, 2.24) is 20.2 Å². The second-order valence-corrected chi connectivity index (χ2v) is 3.65. The van der Waals surface area contributed by atoms with Gasteiger partial charge in [0.05, 0.1) is 6.54 Å². The molecule has 16 heavy (non-hydrogen) atoms. The Morgan fingerprint density at radius 1 is 1.38 bits per heavy atom. The van der Waals surface area contributed by atoms with Crippen LogP contribution in [0.3, 0.4) is 0 Å². The minimum atomic E-state index is 0.598. The number of tetrazole rings is 1. The summed E-state index contributed by atoms with van der Waals surface area (Å²) >= 11 is 0. The average molecular weight is 214 g/mol. The zero-order valence-electron chi connectivity index (χ0n) is 9.30. The molecule has 0 aliphatic rings. The Balaban J connectivity index is 2.14. The fourth-order valence-corrected chi connectivity index (χ4v) is 1.52. The summed E-state index contributed by atoms with van der Waals surface area (Å²) in [6.45, 7) is 6.32. The topological polar surface area (TPSA) is 43.6 Å². The Morgan fingerprint density at radius 2 is 2.19 bits per heavy atom. The maximum absolute atomic E-state index is 4.26. The van der Waals surface area contributed by atoms with Crippen LogP contribution in [0.1, 0.15) is 17.0 Å². The van der Waals surface area contributed by atoms with Crippen molar-refractivity contribution in [2.24, 2.45) is 0 Å². The molecule has 1 aromatic carbocycles. The van der Waals surface area contributed by atoms with Crippen molar-refractivity contribution in [3.05, 3.63) is 53.9 Å². The molecule has 0 saturated carbocycles. The van der Waals surface area contributed by atoms with Gasteiger partial charge in [0, 0.05) is 6.42 Å². The third-order valence-electron chi connectivity index (χ3n) is 2.40. The van der Waals surface area contributed by atoms with Gasteiger partial charge in [-0.05, 0) is 23.3 Å². The first-order valence-corrected chi connectivity index (χ1v) is 5.21. The van der Waals surface area contributed by atoms with E-state index in [1.807, 2.05) is 12.1 Å². The van der Waals surface area contributed by atoms with E-state index >= 15 is 0 Å². The van der Waals surface area contributed by atoms with E-state index in [0.717, 1.165) is 12.2 Å². The van der Waals surface area contributed by atoms with E-state index in [1.54, 1.807) is 10.9 Å². The molecule has 0 amide bonds. The summed E-state index contributed by atoms with van der Waals surface area (Å²) in [6.07, 6.45) is 2.48. The largest absolute Gasteiger partial charge is 0.179 e. The van der Waals surface area contributed by atoms with Crippen LogP contribution >= 0.6 is 0 Å². The van der Waals surface area contributed by atoms with Gasteiger partial charge in [-0.3, -0.25) is 0 Å². The summed E-state index contributed by atoms with van der Waals surface area (Å²) < 4.78 is 0. The number of benzene rings is 1. The van der Waals surface area contributed by atoms with Crippen LogP contribution in [0.15, 0.2) is 36.9 Å². The molecule has 1 heterocycles. The number of aryl methyl sites for hydroxylation is 1. The minimum Gasteiger partial charge on any atom is -0.160 e. The number of rotatable bonds is 4. The third kappa shape index (κ3) is 2.34. The van der Waals surface area contributed by atoms with Crippen LogP contribution in [-0.4, -0.2) is 20.2 Å². The van der Waals surface area contributed by atoms with Crippen LogP contribution in [-0.2, 0) is 13.0 Å². The molecule has 1 aromatic heterocycles. The number of hydrogen-bond donors (Lipinski definition) is 0. The summed E-state index contributed by atoms with van der Waals surface area (Å²) in [5.41, 5.74) is 2.49. The van der Waals surface area contributed by atoms with Gasteiger partial charge in [-0.1, -0.05) is 30.3 Å². The van der Waals surface area contributed by atoms with Crippen LogP contribution in [0.5, 0.6) is 0 Å². The summed E-state index contributed by atoms with van der Waals surface area (Å²) in [7, 11) is 0. The fourth-order valence-electron chi connectivity index (χ4n) is 1.52. The van der Waals surface area contributed by atoms with Gasteiger partial charge in [0.15, 0.2) is 5.82 Å². The Bertz CT molecular complexity index is 487. The van der Waals surface area contributed by atoms with Gasteiger partial charge >= 0.3 is 0 Å². The molecule has 82 valence electrons. The first-order valence-electron chi connectivity index (χ1n) is 5.21. The van der Waals surface area contributed by atoms with Crippen LogP contribution in [0.4, 0.5) is 0 Å². The second-order valence-electron chi connectivity index (χ2n) is 3.65. The lowest BCUT2D eigenvalue weighted by Gasteiger charge is -2.00. The minimum absolute atomic E-state index is 0.598. The van der Waals surface area contributed by atoms with Crippen molar-refractivity contribution in [2.75, 3.05) is 0 Å². The quantitative estimate of drug-likeness (QED) is 0.728. The zero-order valence-corrected chi connectivity index (χ0v) is 9.30. The molecule has 0 N–H and O–H groups in total. The van der Waals surface area contributed by atoms with Gasteiger partial charge in [0.1, 0.15) is 0 Å². The van der Waals surface area contributed by atoms with Crippen molar-refractivity contribution in [3.63, 3.8) is 0 Å². The molecule has 0 aliphatic carbocycles. The molecule has 0 aliphatic heterocycles. The molecule has 2 aromatic rings. The molecule has 0 saturated heterocycles. The van der Waals surface area contributed by atoms with Gasteiger partial charge in [-0.2, -0.15) is 4.80 Å². The standard InChI is InChI=1S/C12H14N4/c1-3-8-16-14-12(13-15-16)9-11-7-5-4-6-10(11)2/h3-7H,1,8-9H2,2H3. The zero-order chi connectivity index (χ0) is 11.4. The third-order valence-corrected chi connectivity index (χ3v) is 2.40. The van der Waals surface area contributed by atoms with E-state index in [2.05, 4.69) is 41.0 Å². The lowest BCUT2D eigenvalue weighted by molar-refractivity contribution is 0.581. The van der Waals surface area contributed by atoms with Gasteiger partial charge in [0.25, 0.3) is 0 Å². The Hall–Kier alpha value is -1.97. The maximum Gasteiger partial charge on any atom is 0.179 e. The van der Waals surface area contributed by atoms with Crippen molar-refractivity contribution < 1.29 is 0 Å². The molecular weight excluding hydrogens is 200 g/mol. The molecule has 0 bridgehead atoms. The maximum atomic E-state index is 4.26. The predicted octanol–water partition coefficient (Wildman–Crippen LogP) is 1.76. The van der Waals surface area contributed by atoms with E-state index < -0.39 is 0 Å². The van der Waals surface area contributed by atoms with Gasteiger partial charge in [-0.25, -0.2) is 0 Å². The monoisotopic (exact) mass is 214 g/mol. The highest BCUT2D eigenvalue weighted by Gasteiger charge is 2.04. The Kier molecular flexibility index (Phi) is 3.10. The number of allylic oxidation sites excluding steroid dienone is 1. The molecule has 0 radical (unpaired) electrons. The Labute approximate surface area is 94.6 Å². The van der Waals surface area contributed by atoms with Crippen LogP contribution in [0, 0.1) is 6.92 Å². The number of aromatic nitrogens is 4. The first-order chi connectivity index (χ1) is 7.79. The van der Waals surface area contributed by atoms with Gasteiger partial charge < -0.3 is 0 Å². The van der Waals surface area contributed by atoms with Crippen molar-refractivity contribution in [2.45, 2.75) is 19.9 Å². The second kappa shape index (κ2) is 4.70. The molecule has 0 atom stereocenters. The predicted molar refractivity (Wildman–Crippen MR) is 62.0 cm³/mol. The van der Waals surface area contributed by atoms with E-state index in [4.69, 9.17) is 0 Å². The molecule has 4 heteroatoms. The van der Waals surface area contributed by atoms with E-state index in [0.29, 0.717) is 6.54 Å². The van der Waals surface area contributed by atoms with Gasteiger partial charge in [-0.15, -0.1) is 16.8 Å². The fraction of sp³-hybridized carbons (Fsp3) is 0.250. The number of nitrogens with zero attached hydrogens (tertiary/aromatic N) is 4. The van der Waals surface area contributed by atoms with Crippen molar-refractivity contribution in [1.29, 1.82) is 0 Å². The summed E-state index contributed by atoms with van der Waals surface area (Å²) in [4.78, 5) is 1.54. The van der Waals surface area contributed by atoms with Gasteiger partial charge in [0.2, 0.25) is 0 Å². The normalized spacial score (nSPS) is 10.3. The van der Waals surface area contributed by atoms with Crippen molar-refractivity contribution >= 4 is 0 Å². The molecule has 0 spiro atoms. The molecule has 2 rings (SSSR count). The summed E-state index contributed by atoms with van der Waals surface area (Å²) in [5, 5.41) is 12.2. The van der Waals surface area contributed by atoms with E-state index in [-0.39, 0.29) is 0 Å². The van der Waals surface area contributed by atoms with Crippen LogP contribution in [0.25, 0.3) is 0 Å². The summed E-state index contributed by atoms with van der Waals surface area (Å²) in [5.74, 6) is 0.746. The highest BCUT2D eigenvalue weighted by molar-refractivity contribution is 5.27. The SMILES string of the molecule is C=CCn1nnc(Cc2ccccc2C)n1. The average Bonchev–Trinajstić information content (AvgIpc) is 2.70. The van der Waals surface area contributed by atoms with Crippen LogP contribution < -0.4 is 0 Å². The van der Waals surface area contributed by atoms with Crippen molar-refractivity contribution in [3.8, 4) is 0 Å². The smallest absolute Gasteiger partial charge is 0.160 e. The lowest BCUT2D eigenvalue weighted by Crippen LogP contribution is -2.00. The van der Waals surface area contributed by atoms with E-state index in [1.165, 1.54) is 11.1 Å². The number of hydrogen-bond acceptors (Lipinski definition) is 3. The highest BCUT2D eigenvalue weighted by Crippen LogP contribution is 2.10. The molecule has 4 nitrogen and oxygen atoms in total. The molecular formula is C12H14N4. The molecule has 0 unspecified atom stereocenters. The first kappa shape index (κ1) is 10.5. The highest BCUT2D eigenvalue weighted by atomic mass is 15.6. The van der Waals surface area contributed by atoms with Crippen LogP contribution in [0.2, 0.25) is 0 Å². The summed E-state index contributed by atoms with van der Waals surface area (Å²) in [6, 6.07) is 8.23. The Morgan fingerprint density at radius 3 is 2.94 bits per heavy atom. The molecule has 0 fully saturated rings. The van der Waals surface area contributed by atoms with E-state index in [9.17, 15) is 0 Å².